The van der Waals surface area contributed by atoms with Gasteiger partial charge in [0.1, 0.15) is 12.1 Å². The third-order valence-corrected chi connectivity index (χ3v) is 7.47. The SMILES string of the molecule is CC(C)c1sc(NC(=O)CN2C(=O)NC3(CCc4ccccc43)C2=O)nc1-c1ccccc1. The van der Waals surface area contributed by atoms with Gasteiger partial charge < -0.3 is 10.6 Å². The molecule has 1 fully saturated rings. The molecule has 0 saturated carbocycles. The molecule has 2 aliphatic rings. The van der Waals surface area contributed by atoms with Gasteiger partial charge in [0.25, 0.3) is 5.91 Å². The molecule has 1 saturated heterocycles. The van der Waals surface area contributed by atoms with E-state index in [0.717, 1.165) is 32.2 Å². The fourth-order valence-corrected chi connectivity index (χ4v) is 5.62. The van der Waals surface area contributed by atoms with E-state index < -0.39 is 17.5 Å². The van der Waals surface area contributed by atoms with E-state index in [9.17, 15) is 14.4 Å². The van der Waals surface area contributed by atoms with Crippen LogP contribution < -0.4 is 10.6 Å². The molecule has 4 amide bonds. The molecule has 0 radical (unpaired) electrons. The van der Waals surface area contributed by atoms with E-state index in [1.807, 2.05) is 54.6 Å². The number of thiazole rings is 1. The van der Waals surface area contributed by atoms with Gasteiger partial charge in [0.2, 0.25) is 5.91 Å². The van der Waals surface area contributed by atoms with Crippen LogP contribution in [0.3, 0.4) is 0 Å². The van der Waals surface area contributed by atoms with Crippen molar-refractivity contribution < 1.29 is 14.4 Å². The Morgan fingerprint density at radius 3 is 2.64 bits per heavy atom. The number of hydrogen-bond acceptors (Lipinski definition) is 5. The van der Waals surface area contributed by atoms with E-state index >= 15 is 0 Å². The van der Waals surface area contributed by atoms with Gasteiger partial charge in [-0.15, -0.1) is 11.3 Å². The Morgan fingerprint density at radius 2 is 1.88 bits per heavy atom. The molecule has 1 atom stereocenters. The summed E-state index contributed by atoms with van der Waals surface area (Å²) in [6.45, 7) is 3.81. The number of hydrogen-bond donors (Lipinski definition) is 2. The zero-order valence-corrected chi connectivity index (χ0v) is 19.2. The number of nitrogens with one attached hydrogen (secondary N) is 2. The van der Waals surface area contributed by atoms with Gasteiger partial charge >= 0.3 is 6.03 Å². The van der Waals surface area contributed by atoms with Crippen LogP contribution in [0.25, 0.3) is 11.3 Å². The Kier molecular flexibility index (Phi) is 5.25. The number of rotatable bonds is 5. The van der Waals surface area contributed by atoms with Crippen molar-refractivity contribution in [2.45, 2.75) is 38.1 Å². The summed E-state index contributed by atoms with van der Waals surface area (Å²) in [5, 5.41) is 6.09. The smallest absolute Gasteiger partial charge is 0.319 e. The molecule has 7 nitrogen and oxygen atoms in total. The first-order valence-corrected chi connectivity index (χ1v) is 11.8. The van der Waals surface area contributed by atoms with Crippen molar-refractivity contribution >= 4 is 34.3 Å². The maximum absolute atomic E-state index is 13.3. The summed E-state index contributed by atoms with van der Waals surface area (Å²) >= 11 is 1.41. The minimum Gasteiger partial charge on any atom is -0.319 e. The van der Waals surface area contributed by atoms with Gasteiger partial charge in [-0.1, -0.05) is 68.4 Å². The molecule has 2 aromatic carbocycles. The standard InChI is InChI=1S/C25H24N4O3S/c1-15(2)21-20(17-9-4-3-5-10-17)27-23(33-21)26-19(30)14-29-22(31)25(28-24(29)32)13-12-16-8-6-7-11-18(16)25/h3-11,15H,12-14H2,1-2H3,(H,28,32)(H,26,27,30). The molecular formula is C25H24N4O3S. The Hall–Kier alpha value is -3.52. The van der Waals surface area contributed by atoms with E-state index in [1.165, 1.54) is 11.3 Å². The highest BCUT2D eigenvalue weighted by molar-refractivity contribution is 7.16. The lowest BCUT2D eigenvalue weighted by Gasteiger charge is -2.22. The summed E-state index contributed by atoms with van der Waals surface area (Å²) in [4.78, 5) is 45.5. The van der Waals surface area contributed by atoms with Crippen LogP contribution in [0.4, 0.5) is 9.93 Å². The number of urea groups is 1. The quantitative estimate of drug-likeness (QED) is 0.557. The first-order valence-electron chi connectivity index (χ1n) is 11.0. The van der Waals surface area contributed by atoms with Crippen LogP contribution in [0.5, 0.6) is 0 Å². The first-order chi connectivity index (χ1) is 15.9. The highest BCUT2D eigenvalue weighted by atomic mass is 32.1. The average molecular weight is 461 g/mol. The first kappa shape index (κ1) is 21.3. The topological polar surface area (TPSA) is 91.4 Å². The fourth-order valence-electron chi connectivity index (χ4n) is 4.62. The van der Waals surface area contributed by atoms with E-state index in [1.54, 1.807) is 0 Å². The van der Waals surface area contributed by atoms with Gasteiger partial charge in [-0.05, 0) is 29.9 Å². The Bertz CT molecular complexity index is 1250. The molecule has 0 bridgehead atoms. The largest absolute Gasteiger partial charge is 0.325 e. The minimum absolute atomic E-state index is 0.233. The van der Waals surface area contributed by atoms with Crippen LogP contribution in [0.15, 0.2) is 54.6 Å². The molecule has 1 spiro atoms. The van der Waals surface area contributed by atoms with Crippen molar-refractivity contribution in [3.63, 3.8) is 0 Å². The molecule has 1 aliphatic heterocycles. The average Bonchev–Trinajstić information content (AvgIpc) is 3.46. The summed E-state index contributed by atoms with van der Waals surface area (Å²) in [5.74, 6) is -0.596. The maximum Gasteiger partial charge on any atom is 0.325 e. The lowest BCUT2D eigenvalue weighted by atomic mass is 9.92. The van der Waals surface area contributed by atoms with Gasteiger partial charge in [-0.2, -0.15) is 0 Å². The second-order valence-electron chi connectivity index (χ2n) is 8.68. The molecule has 168 valence electrons. The fraction of sp³-hybridized carbons (Fsp3) is 0.280. The van der Waals surface area contributed by atoms with Crippen molar-refractivity contribution in [2.75, 3.05) is 11.9 Å². The van der Waals surface area contributed by atoms with E-state index in [4.69, 9.17) is 0 Å². The number of amides is 4. The third-order valence-electron chi connectivity index (χ3n) is 6.20. The molecule has 1 aromatic heterocycles. The van der Waals surface area contributed by atoms with Gasteiger partial charge in [0, 0.05) is 10.4 Å². The number of benzene rings is 2. The monoisotopic (exact) mass is 460 g/mol. The Balaban J connectivity index is 1.34. The molecule has 33 heavy (non-hydrogen) atoms. The maximum atomic E-state index is 13.3. The number of aryl methyl sites for hydroxylation is 1. The van der Waals surface area contributed by atoms with E-state index in [-0.39, 0.29) is 18.4 Å². The molecule has 5 rings (SSSR count). The lowest BCUT2D eigenvalue weighted by molar-refractivity contribution is -0.134. The number of carbonyl (C=O) groups excluding carboxylic acids is 3. The van der Waals surface area contributed by atoms with Crippen LogP contribution >= 0.6 is 11.3 Å². The van der Waals surface area contributed by atoms with Gasteiger partial charge in [0.05, 0.1) is 5.69 Å². The van der Waals surface area contributed by atoms with Crippen LogP contribution in [-0.2, 0) is 21.5 Å². The van der Waals surface area contributed by atoms with Crippen molar-refractivity contribution in [3.8, 4) is 11.3 Å². The molecule has 2 heterocycles. The predicted molar refractivity (Wildman–Crippen MR) is 127 cm³/mol. The normalized spacial score (nSPS) is 19.3. The number of nitrogens with zero attached hydrogens (tertiary/aromatic N) is 2. The van der Waals surface area contributed by atoms with Crippen LogP contribution in [-0.4, -0.2) is 34.3 Å². The van der Waals surface area contributed by atoms with Gasteiger partial charge in [-0.3, -0.25) is 14.5 Å². The predicted octanol–water partition coefficient (Wildman–Crippen LogP) is 4.27. The molecule has 3 aromatic rings. The summed E-state index contributed by atoms with van der Waals surface area (Å²) < 4.78 is 0. The van der Waals surface area contributed by atoms with Crippen molar-refractivity contribution in [2.24, 2.45) is 0 Å². The summed E-state index contributed by atoms with van der Waals surface area (Å²) in [7, 11) is 0. The number of imide groups is 1. The number of anilines is 1. The van der Waals surface area contributed by atoms with Crippen molar-refractivity contribution in [1.82, 2.24) is 15.2 Å². The number of aromatic nitrogens is 1. The third kappa shape index (κ3) is 3.60. The zero-order valence-electron chi connectivity index (χ0n) is 18.4. The highest BCUT2D eigenvalue weighted by Gasteiger charge is 2.55. The summed E-state index contributed by atoms with van der Waals surface area (Å²) in [5.41, 5.74) is 2.62. The molecule has 1 aliphatic carbocycles. The van der Waals surface area contributed by atoms with E-state index in [2.05, 4.69) is 29.5 Å². The van der Waals surface area contributed by atoms with Crippen molar-refractivity contribution in [3.05, 3.63) is 70.6 Å². The Labute approximate surface area is 195 Å². The second kappa shape index (κ2) is 8.12. The van der Waals surface area contributed by atoms with Crippen molar-refractivity contribution in [1.29, 1.82) is 0 Å². The van der Waals surface area contributed by atoms with Gasteiger partial charge in [-0.25, -0.2) is 9.78 Å². The molecule has 2 N–H and O–H groups in total. The summed E-state index contributed by atoms with van der Waals surface area (Å²) in [6.07, 6.45) is 1.21. The summed E-state index contributed by atoms with van der Waals surface area (Å²) in [6, 6.07) is 16.9. The molecule has 1 unspecified atom stereocenters. The molecular weight excluding hydrogens is 436 g/mol. The number of carbonyl (C=O) groups is 3. The lowest BCUT2D eigenvalue weighted by Crippen LogP contribution is -2.42. The van der Waals surface area contributed by atoms with E-state index in [0.29, 0.717) is 18.0 Å². The van der Waals surface area contributed by atoms with Crippen LogP contribution in [0.1, 0.15) is 42.2 Å². The zero-order chi connectivity index (χ0) is 23.2. The van der Waals surface area contributed by atoms with Crippen LogP contribution in [0.2, 0.25) is 0 Å². The molecule has 8 heteroatoms. The Morgan fingerprint density at radius 1 is 1.15 bits per heavy atom. The van der Waals surface area contributed by atoms with Crippen LogP contribution in [0, 0.1) is 0 Å². The minimum atomic E-state index is -1.07. The van der Waals surface area contributed by atoms with Gasteiger partial charge in [0.15, 0.2) is 5.13 Å². The number of fused-ring (bicyclic) bond motifs is 2. The second-order valence-corrected chi connectivity index (χ2v) is 9.72. The highest BCUT2D eigenvalue weighted by Crippen LogP contribution is 2.41.